The molecule has 0 saturated carbocycles. The average Bonchev–Trinajstić information content (AvgIpc) is 3.32. The van der Waals surface area contributed by atoms with E-state index >= 15 is 0 Å². The Bertz CT molecular complexity index is 3630. The van der Waals surface area contributed by atoms with Crippen LogP contribution in [-0.4, -0.2) is 0 Å². The fourth-order valence-corrected chi connectivity index (χ4v) is 4.53. The molecule has 0 N–H and O–H groups in total. The summed E-state index contributed by atoms with van der Waals surface area (Å²) in [5, 5.41) is -4.17. The van der Waals surface area contributed by atoms with E-state index in [2.05, 4.69) is 0 Å². The van der Waals surface area contributed by atoms with E-state index in [1.807, 2.05) is 0 Å². The van der Waals surface area contributed by atoms with Gasteiger partial charge in [-0.3, -0.25) is 0 Å². The summed E-state index contributed by atoms with van der Waals surface area (Å²) in [6, 6.07) is -26.8. The monoisotopic (exact) mass is 560 g/mol. The molecule has 0 unspecified atom stereocenters. The molecule has 0 heterocycles. The van der Waals surface area contributed by atoms with Gasteiger partial charge in [0.25, 0.3) is 0 Å². The normalized spacial score (nSPS) is 20.7. The second-order valence-corrected chi connectivity index (χ2v) is 8.75. The van der Waals surface area contributed by atoms with Crippen LogP contribution in [-0.2, 0) is 0 Å². The minimum absolute atomic E-state index is 0.576. The summed E-state index contributed by atoms with van der Waals surface area (Å²) >= 11 is 0. The van der Waals surface area contributed by atoms with Gasteiger partial charge in [-0.1, -0.05) is 163 Å². The van der Waals surface area contributed by atoms with E-state index in [1.54, 1.807) is 0 Å². The lowest BCUT2D eigenvalue weighted by atomic mass is 9.85. The Morgan fingerprint density at radius 3 is 1.14 bits per heavy atom. The zero-order valence-corrected chi connectivity index (χ0v) is 21.0. The van der Waals surface area contributed by atoms with Crippen LogP contribution in [0.15, 0.2) is 169 Å². The van der Waals surface area contributed by atoms with Gasteiger partial charge in [-0.2, -0.15) is 0 Å². The molecule has 0 aliphatic carbocycles. The molecular formula is C42H28. The van der Waals surface area contributed by atoms with Crippen molar-refractivity contribution in [1.29, 1.82) is 0 Å². The SMILES string of the molecule is [2H]c1c([2H])c([2H])c(-c2c([2H])c([2H])c(-c3c([2H])c([2H])c(-c4c5c([2H])c([2H])c([2H])c([2H])c5c(-c5c([2H])c([2H])c6c([2H])c([2H])c([2H])c([2H])c6c5[2H])c5c([2H])c([2H])c([2H])c([2H])c45)c([2H])c3[2H])c([2H])c2[2H])c([2H])c1[2H]. The van der Waals surface area contributed by atoms with E-state index in [0.29, 0.717) is 0 Å². The molecule has 0 bridgehead atoms. The molecule has 0 radical (unpaired) electrons. The van der Waals surface area contributed by atoms with E-state index < -0.39 is 246 Å². The largest absolute Gasteiger partial charge is 0.0636 e. The van der Waals surface area contributed by atoms with Crippen LogP contribution in [0.3, 0.4) is 0 Å². The van der Waals surface area contributed by atoms with Crippen molar-refractivity contribution in [3.8, 4) is 44.5 Å². The lowest BCUT2D eigenvalue weighted by Gasteiger charge is -2.18. The van der Waals surface area contributed by atoms with Gasteiger partial charge in [-0.05, 0) is 82.9 Å². The lowest BCUT2D eigenvalue weighted by Crippen LogP contribution is -1.91. The molecule has 0 fully saturated rings. The van der Waals surface area contributed by atoms with E-state index in [1.165, 1.54) is 0 Å². The Balaban J connectivity index is 1.60. The Morgan fingerprint density at radius 2 is 0.619 bits per heavy atom. The summed E-state index contributed by atoms with van der Waals surface area (Å²) in [4.78, 5) is 0. The highest BCUT2D eigenvalue weighted by Gasteiger charge is 2.16. The van der Waals surface area contributed by atoms with Crippen LogP contribution in [0, 0.1) is 0 Å². The summed E-state index contributed by atoms with van der Waals surface area (Å²) in [5.41, 5.74) is -6.31. The average molecular weight is 561 g/mol. The molecule has 42 heavy (non-hydrogen) atoms. The first kappa shape index (κ1) is 9.02. The van der Waals surface area contributed by atoms with Crippen molar-refractivity contribution in [1.82, 2.24) is 0 Å². The Kier molecular flexibility index (Phi) is 2.19. The van der Waals surface area contributed by atoms with E-state index in [4.69, 9.17) is 24.7 Å². The van der Waals surface area contributed by atoms with E-state index in [0.717, 1.165) is 0 Å². The minimum atomic E-state index is -1.12. The second-order valence-electron chi connectivity index (χ2n) is 8.75. The summed E-state index contributed by atoms with van der Waals surface area (Å²) in [6.45, 7) is 0. The molecule has 0 atom stereocenters. The highest BCUT2D eigenvalue weighted by molar-refractivity contribution is 6.21. The smallest absolute Gasteiger partial charge is 0.0622 e. The molecule has 0 heteroatoms. The number of hydrogen-bond acceptors (Lipinski definition) is 0. The summed E-state index contributed by atoms with van der Waals surface area (Å²) in [7, 11) is 0. The van der Waals surface area contributed by atoms with Crippen molar-refractivity contribution < 1.29 is 38.4 Å². The molecule has 0 aromatic heterocycles. The maximum absolute atomic E-state index is 9.43. The molecule has 0 aliphatic heterocycles. The first-order valence-electron chi connectivity index (χ1n) is 26.2. The number of hydrogen-bond donors (Lipinski definition) is 0. The van der Waals surface area contributed by atoms with Gasteiger partial charge in [0, 0.05) is 0 Å². The van der Waals surface area contributed by atoms with Crippen molar-refractivity contribution in [2.45, 2.75) is 0 Å². The van der Waals surface area contributed by atoms with Crippen molar-refractivity contribution in [3.05, 3.63) is 169 Å². The highest BCUT2D eigenvalue weighted by atomic mass is 14.2. The molecule has 8 aromatic rings. The van der Waals surface area contributed by atoms with E-state index in [-0.39, 0.29) is 0 Å². The molecular weight excluding hydrogens is 504 g/mol. The van der Waals surface area contributed by atoms with Gasteiger partial charge in [0.05, 0.1) is 38.4 Å². The van der Waals surface area contributed by atoms with Crippen LogP contribution in [0.25, 0.3) is 76.8 Å². The van der Waals surface area contributed by atoms with Crippen LogP contribution < -0.4 is 0 Å². The van der Waals surface area contributed by atoms with Crippen LogP contribution in [0.1, 0.15) is 38.4 Å². The van der Waals surface area contributed by atoms with Crippen LogP contribution >= 0.6 is 0 Å². The van der Waals surface area contributed by atoms with Crippen LogP contribution in [0.2, 0.25) is 0 Å². The lowest BCUT2D eigenvalue weighted by molar-refractivity contribution is 1.59. The van der Waals surface area contributed by atoms with Gasteiger partial charge >= 0.3 is 0 Å². The van der Waals surface area contributed by atoms with Gasteiger partial charge in [0.2, 0.25) is 0 Å². The molecule has 0 amide bonds. The Hall–Kier alpha value is -5.46. The van der Waals surface area contributed by atoms with Gasteiger partial charge in [-0.25, -0.2) is 0 Å². The van der Waals surface area contributed by atoms with Crippen LogP contribution in [0.5, 0.6) is 0 Å². The van der Waals surface area contributed by atoms with Gasteiger partial charge in [0.15, 0.2) is 0 Å². The number of benzene rings is 8. The molecule has 0 spiro atoms. The fourth-order valence-electron chi connectivity index (χ4n) is 4.53. The first-order valence-corrected chi connectivity index (χ1v) is 12.2. The number of rotatable bonds is 4. The topological polar surface area (TPSA) is 0 Å². The fraction of sp³-hybridized carbons (Fsp3) is 0. The molecule has 0 nitrogen and oxygen atoms in total. The quantitative estimate of drug-likeness (QED) is 0.188. The molecule has 0 saturated heterocycles. The standard InChI is InChI=1S/C42H28/c1-2-10-29(11-3-1)31-18-20-32(21-19-31)33-22-25-34(26-23-33)41-37-14-6-8-16-39(37)42(40-17-9-7-15-38(40)41)36-27-24-30-12-4-5-13-35(30)28-36/h1-28H/i1D,2D,3D,4D,5D,6D,7D,8D,9D,10D,11D,12D,13D,14D,15D,16D,17D,18D,19D,20D,21D,22D,23D,24D,25D,26D,27D,28D. The third kappa shape index (κ3) is 4.17. The van der Waals surface area contributed by atoms with Crippen LogP contribution in [0.4, 0.5) is 0 Å². The Morgan fingerprint density at radius 1 is 0.262 bits per heavy atom. The maximum Gasteiger partial charge on any atom is 0.0636 e. The second kappa shape index (κ2) is 10.2. The zero-order chi connectivity index (χ0) is 52.2. The third-order valence-electron chi connectivity index (χ3n) is 6.38. The summed E-state index contributed by atoms with van der Waals surface area (Å²) < 4.78 is 247. The van der Waals surface area contributed by atoms with Crippen molar-refractivity contribution in [3.63, 3.8) is 0 Å². The molecule has 8 aromatic carbocycles. The first-order chi connectivity index (χ1) is 32.5. The maximum atomic E-state index is 9.43. The predicted molar refractivity (Wildman–Crippen MR) is 181 cm³/mol. The molecule has 196 valence electrons. The highest BCUT2D eigenvalue weighted by Crippen LogP contribution is 2.44. The third-order valence-corrected chi connectivity index (χ3v) is 6.38. The van der Waals surface area contributed by atoms with Gasteiger partial charge in [-0.15, -0.1) is 0 Å². The predicted octanol–water partition coefficient (Wildman–Crippen LogP) is 11.8. The zero-order valence-electron chi connectivity index (χ0n) is 49.0. The molecule has 0 aliphatic rings. The number of fused-ring (bicyclic) bond motifs is 3. The Labute approximate surface area is 285 Å². The van der Waals surface area contributed by atoms with Gasteiger partial charge in [0.1, 0.15) is 0 Å². The summed E-state index contributed by atoms with van der Waals surface area (Å²) in [5.74, 6) is 0. The van der Waals surface area contributed by atoms with Crippen molar-refractivity contribution in [2.24, 2.45) is 0 Å². The summed E-state index contributed by atoms with van der Waals surface area (Å²) in [6.07, 6.45) is 0. The minimum Gasteiger partial charge on any atom is -0.0622 e. The molecule has 8 rings (SSSR count). The van der Waals surface area contributed by atoms with Crippen molar-refractivity contribution in [2.75, 3.05) is 0 Å². The van der Waals surface area contributed by atoms with Crippen molar-refractivity contribution >= 4 is 32.3 Å². The van der Waals surface area contributed by atoms with Gasteiger partial charge < -0.3 is 0 Å². The van der Waals surface area contributed by atoms with E-state index in [9.17, 15) is 13.7 Å².